The number of thiazole rings is 1. The van der Waals surface area contributed by atoms with E-state index in [1.807, 2.05) is 6.20 Å². The van der Waals surface area contributed by atoms with E-state index in [0.29, 0.717) is 23.6 Å². The SMILES string of the molecule is CCOC1CC(NC(C)c2nccs2)C12CCCC2. The van der Waals surface area contributed by atoms with E-state index < -0.39 is 0 Å². The van der Waals surface area contributed by atoms with Gasteiger partial charge in [-0.25, -0.2) is 4.98 Å². The van der Waals surface area contributed by atoms with Gasteiger partial charge in [-0.05, 0) is 33.1 Å². The third kappa shape index (κ3) is 2.34. The van der Waals surface area contributed by atoms with E-state index in [-0.39, 0.29) is 0 Å². The zero-order valence-electron chi connectivity index (χ0n) is 11.9. The fourth-order valence-electron chi connectivity index (χ4n) is 3.94. The Bertz CT molecular complexity index is 400. The molecule has 3 unspecified atom stereocenters. The third-order valence-corrected chi connectivity index (χ3v) is 5.92. The van der Waals surface area contributed by atoms with Gasteiger partial charge < -0.3 is 10.1 Å². The average Bonchev–Trinajstić information content (AvgIpc) is 3.09. The molecule has 0 saturated heterocycles. The number of aromatic nitrogens is 1. The first-order valence-electron chi connectivity index (χ1n) is 7.53. The molecule has 3 nitrogen and oxygen atoms in total. The van der Waals surface area contributed by atoms with E-state index in [1.54, 1.807) is 11.3 Å². The van der Waals surface area contributed by atoms with Crippen molar-refractivity contribution >= 4 is 11.3 Å². The lowest BCUT2D eigenvalue weighted by Gasteiger charge is -2.55. The van der Waals surface area contributed by atoms with Gasteiger partial charge in [0.25, 0.3) is 0 Å². The van der Waals surface area contributed by atoms with Gasteiger partial charge in [-0.1, -0.05) is 12.8 Å². The molecule has 2 saturated carbocycles. The summed E-state index contributed by atoms with van der Waals surface area (Å²) in [6.45, 7) is 5.19. The van der Waals surface area contributed by atoms with Gasteiger partial charge in [0.15, 0.2) is 0 Å². The number of ether oxygens (including phenoxy) is 1. The van der Waals surface area contributed by atoms with Crippen LogP contribution < -0.4 is 5.32 Å². The second kappa shape index (κ2) is 5.51. The van der Waals surface area contributed by atoms with Gasteiger partial charge in [0.2, 0.25) is 0 Å². The summed E-state index contributed by atoms with van der Waals surface area (Å²) >= 11 is 1.74. The fourth-order valence-corrected chi connectivity index (χ4v) is 4.60. The lowest BCUT2D eigenvalue weighted by molar-refractivity contribution is -0.132. The van der Waals surface area contributed by atoms with E-state index in [1.165, 1.54) is 37.1 Å². The third-order valence-electron chi connectivity index (χ3n) is 4.96. The Labute approximate surface area is 119 Å². The van der Waals surface area contributed by atoms with Crippen molar-refractivity contribution in [2.24, 2.45) is 5.41 Å². The minimum atomic E-state index is 0.366. The highest BCUT2D eigenvalue weighted by atomic mass is 32.1. The van der Waals surface area contributed by atoms with Crippen LogP contribution in [0.15, 0.2) is 11.6 Å². The van der Waals surface area contributed by atoms with Gasteiger partial charge in [0.1, 0.15) is 5.01 Å². The number of hydrogen-bond acceptors (Lipinski definition) is 4. The lowest BCUT2D eigenvalue weighted by atomic mass is 9.60. The Morgan fingerprint density at radius 3 is 2.95 bits per heavy atom. The smallest absolute Gasteiger partial charge is 0.109 e. The van der Waals surface area contributed by atoms with Crippen LogP contribution in [-0.4, -0.2) is 23.7 Å². The molecule has 0 radical (unpaired) electrons. The van der Waals surface area contributed by atoms with Gasteiger partial charge in [-0.15, -0.1) is 11.3 Å². The molecular weight excluding hydrogens is 256 g/mol. The monoisotopic (exact) mass is 280 g/mol. The van der Waals surface area contributed by atoms with Crippen LogP contribution in [0.2, 0.25) is 0 Å². The van der Waals surface area contributed by atoms with Crippen LogP contribution >= 0.6 is 11.3 Å². The number of rotatable bonds is 5. The Hall–Kier alpha value is -0.450. The molecule has 2 fully saturated rings. The van der Waals surface area contributed by atoms with Crippen molar-refractivity contribution in [1.82, 2.24) is 10.3 Å². The normalized spacial score (nSPS) is 30.4. The van der Waals surface area contributed by atoms with Crippen molar-refractivity contribution in [1.29, 1.82) is 0 Å². The van der Waals surface area contributed by atoms with Gasteiger partial charge in [0, 0.05) is 29.6 Å². The lowest BCUT2D eigenvalue weighted by Crippen LogP contribution is -2.63. The van der Waals surface area contributed by atoms with Crippen LogP contribution in [-0.2, 0) is 4.74 Å². The maximum Gasteiger partial charge on any atom is 0.109 e. The van der Waals surface area contributed by atoms with Crippen molar-refractivity contribution < 1.29 is 4.74 Å². The summed E-state index contributed by atoms with van der Waals surface area (Å²) in [5, 5.41) is 7.07. The highest BCUT2D eigenvalue weighted by Gasteiger charge is 2.56. The topological polar surface area (TPSA) is 34.1 Å². The molecule has 1 N–H and O–H groups in total. The zero-order valence-corrected chi connectivity index (χ0v) is 12.7. The summed E-state index contributed by atoms with van der Waals surface area (Å²) in [7, 11) is 0. The minimum absolute atomic E-state index is 0.366. The molecular formula is C15H24N2OS. The van der Waals surface area contributed by atoms with Crippen LogP contribution in [0.3, 0.4) is 0 Å². The summed E-state index contributed by atoms with van der Waals surface area (Å²) in [6, 6.07) is 0.982. The largest absolute Gasteiger partial charge is 0.378 e. The van der Waals surface area contributed by atoms with Crippen LogP contribution in [0, 0.1) is 5.41 Å². The summed E-state index contributed by atoms with van der Waals surface area (Å²) < 4.78 is 5.97. The maximum absolute atomic E-state index is 5.97. The molecule has 1 aromatic heterocycles. The first-order valence-corrected chi connectivity index (χ1v) is 8.41. The predicted octanol–water partition coefficient (Wildman–Crippen LogP) is 3.53. The molecule has 1 spiro atoms. The summed E-state index contributed by atoms with van der Waals surface area (Å²) in [5.41, 5.74) is 0.418. The van der Waals surface area contributed by atoms with Gasteiger partial charge in [-0.3, -0.25) is 0 Å². The van der Waals surface area contributed by atoms with E-state index in [4.69, 9.17) is 4.74 Å². The summed E-state index contributed by atoms with van der Waals surface area (Å²) in [4.78, 5) is 4.42. The van der Waals surface area contributed by atoms with Crippen LogP contribution in [0.4, 0.5) is 0 Å². The van der Waals surface area contributed by atoms with Crippen molar-refractivity contribution in [3.05, 3.63) is 16.6 Å². The Morgan fingerprint density at radius 1 is 1.53 bits per heavy atom. The highest BCUT2D eigenvalue weighted by molar-refractivity contribution is 7.09. The molecule has 3 rings (SSSR count). The van der Waals surface area contributed by atoms with Crippen molar-refractivity contribution in [3.8, 4) is 0 Å². The predicted molar refractivity (Wildman–Crippen MR) is 78.4 cm³/mol. The molecule has 0 bridgehead atoms. The standard InChI is InChI=1S/C15H24N2OS/c1-3-18-13-10-12(15(13)6-4-5-7-15)17-11(2)14-16-8-9-19-14/h8-9,11-13,17H,3-7,10H2,1-2H3. The molecule has 1 aromatic rings. The summed E-state index contributed by atoms with van der Waals surface area (Å²) in [5.74, 6) is 0. The molecule has 0 amide bonds. The van der Waals surface area contributed by atoms with E-state index in [2.05, 4.69) is 29.5 Å². The van der Waals surface area contributed by atoms with Crippen molar-refractivity contribution in [2.45, 2.75) is 64.1 Å². The second-order valence-electron chi connectivity index (χ2n) is 5.93. The molecule has 3 atom stereocenters. The van der Waals surface area contributed by atoms with Crippen LogP contribution in [0.25, 0.3) is 0 Å². The molecule has 106 valence electrons. The van der Waals surface area contributed by atoms with E-state index >= 15 is 0 Å². The van der Waals surface area contributed by atoms with Crippen molar-refractivity contribution in [3.63, 3.8) is 0 Å². The highest BCUT2D eigenvalue weighted by Crippen LogP contribution is 2.55. The van der Waals surface area contributed by atoms with E-state index in [9.17, 15) is 0 Å². The number of nitrogens with zero attached hydrogens (tertiary/aromatic N) is 1. The molecule has 2 aliphatic rings. The molecule has 0 aliphatic heterocycles. The minimum Gasteiger partial charge on any atom is -0.378 e. The Morgan fingerprint density at radius 2 is 2.32 bits per heavy atom. The number of nitrogens with one attached hydrogen (secondary N) is 1. The second-order valence-corrected chi connectivity index (χ2v) is 6.86. The van der Waals surface area contributed by atoms with Gasteiger partial charge in [0.05, 0.1) is 12.1 Å². The van der Waals surface area contributed by atoms with Crippen molar-refractivity contribution in [2.75, 3.05) is 6.61 Å². The fraction of sp³-hybridized carbons (Fsp3) is 0.800. The van der Waals surface area contributed by atoms with Gasteiger partial charge >= 0.3 is 0 Å². The van der Waals surface area contributed by atoms with Gasteiger partial charge in [-0.2, -0.15) is 0 Å². The quantitative estimate of drug-likeness (QED) is 0.896. The maximum atomic E-state index is 5.97. The molecule has 1 heterocycles. The molecule has 0 aromatic carbocycles. The molecule has 2 aliphatic carbocycles. The molecule has 19 heavy (non-hydrogen) atoms. The summed E-state index contributed by atoms with van der Waals surface area (Å²) in [6.07, 6.45) is 8.96. The Balaban J connectivity index is 1.65. The van der Waals surface area contributed by atoms with Crippen LogP contribution in [0.5, 0.6) is 0 Å². The number of hydrogen-bond donors (Lipinski definition) is 1. The average molecular weight is 280 g/mol. The molecule has 4 heteroatoms. The zero-order chi connectivity index (χ0) is 13.3. The van der Waals surface area contributed by atoms with E-state index in [0.717, 1.165) is 6.61 Å². The first kappa shape index (κ1) is 13.5. The Kier molecular flexibility index (Phi) is 3.92. The first-order chi connectivity index (χ1) is 9.26. The van der Waals surface area contributed by atoms with Crippen LogP contribution in [0.1, 0.15) is 57.0 Å².